The van der Waals surface area contributed by atoms with Crippen molar-refractivity contribution in [3.05, 3.63) is 64.5 Å². The number of carbonyl (C=O) groups excluding carboxylic acids is 1. The summed E-state index contributed by atoms with van der Waals surface area (Å²) >= 11 is 0. The van der Waals surface area contributed by atoms with Crippen LogP contribution in [0.1, 0.15) is 45.3 Å². The first-order chi connectivity index (χ1) is 10.9. The van der Waals surface area contributed by atoms with E-state index in [1.807, 2.05) is 24.3 Å². The maximum Gasteiger partial charge on any atom is 0.433 e. The average Bonchev–Trinajstić information content (AvgIpc) is 2.89. The molecule has 0 saturated heterocycles. The summed E-state index contributed by atoms with van der Waals surface area (Å²) < 4.78 is 37.9. The fraction of sp³-hybridized carbons (Fsp3) is 0.294. The van der Waals surface area contributed by atoms with Crippen LogP contribution in [0.2, 0.25) is 0 Å². The van der Waals surface area contributed by atoms with Gasteiger partial charge >= 0.3 is 6.18 Å². The number of aryl methyl sites for hydroxylation is 2. The molecule has 0 spiro atoms. The zero-order valence-corrected chi connectivity index (χ0v) is 12.4. The molecule has 0 fully saturated rings. The van der Waals surface area contributed by atoms with Gasteiger partial charge in [0.1, 0.15) is 5.69 Å². The van der Waals surface area contributed by atoms with Gasteiger partial charge in [-0.05, 0) is 43.0 Å². The van der Waals surface area contributed by atoms with Gasteiger partial charge in [-0.25, -0.2) is 4.98 Å². The SMILES string of the molecule is Cc1nc(C(F)(F)F)ccc1C(=O)NC1CCc2ccccc21. The van der Waals surface area contributed by atoms with E-state index in [1.54, 1.807) is 0 Å². The monoisotopic (exact) mass is 320 g/mol. The van der Waals surface area contributed by atoms with E-state index in [2.05, 4.69) is 10.3 Å². The molecular formula is C17H15F3N2O. The van der Waals surface area contributed by atoms with Gasteiger partial charge in [0.25, 0.3) is 5.91 Å². The molecule has 1 aromatic carbocycles. The molecule has 1 aromatic heterocycles. The van der Waals surface area contributed by atoms with Crippen molar-refractivity contribution in [2.75, 3.05) is 0 Å². The summed E-state index contributed by atoms with van der Waals surface area (Å²) in [6.45, 7) is 1.41. The zero-order chi connectivity index (χ0) is 16.6. The van der Waals surface area contributed by atoms with Crippen molar-refractivity contribution in [2.24, 2.45) is 0 Å². The lowest BCUT2D eigenvalue weighted by molar-refractivity contribution is -0.141. The number of benzene rings is 1. The number of hydrogen-bond acceptors (Lipinski definition) is 2. The number of fused-ring (bicyclic) bond motifs is 1. The normalized spacial score (nSPS) is 17.0. The number of nitrogens with zero attached hydrogens (tertiary/aromatic N) is 1. The summed E-state index contributed by atoms with van der Waals surface area (Å²) in [4.78, 5) is 15.9. The Morgan fingerprint density at radius 2 is 1.96 bits per heavy atom. The first-order valence-corrected chi connectivity index (χ1v) is 7.30. The Labute approximate surface area is 131 Å². The highest BCUT2D eigenvalue weighted by atomic mass is 19.4. The Bertz CT molecular complexity index is 756. The highest BCUT2D eigenvalue weighted by molar-refractivity contribution is 5.95. The number of carbonyl (C=O) groups is 1. The summed E-state index contributed by atoms with van der Waals surface area (Å²) in [5, 5.41) is 2.89. The molecule has 1 heterocycles. The van der Waals surface area contributed by atoms with Crippen LogP contribution in [0.3, 0.4) is 0 Å². The highest BCUT2D eigenvalue weighted by Crippen LogP contribution is 2.31. The molecule has 120 valence electrons. The molecule has 0 bridgehead atoms. The molecule has 1 unspecified atom stereocenters. The lowest BCUT2D eigenvalue weighted by Gasteiger charge is -2.15. The van der Waals surface area contributed by atoms with Crippen LogP contribution in [-0.2, 0) is 12.6 Å². The van der Waals surface area contributed by atoms with Crippen molar-refractivity contribution in [1.29, 1.82) is 0 Å². The van der Waals surface area contributed by atoms with Gasteiger partial charge in [-0.2, -0.15) is 13.2 Å². The van der Waals surface area contributed by atoms with Crippen molar-refractivity contribution in [3.63, 3.8) is 0 Å². The fourth-order valence-corrected chi connectivity index (χ4v) is 2.90. The maximum atomic E-state index is 12.6. The topological polar surface area (TPSA) is 42.0 Å². The fourth-order valence-electron chi connectivity index (χ4n) is 2.90. The number of halogens is 3. The molecule has 1 aliphatic carbocycles. The molecule has 0 saturated carbocycles. The quantitative estimate of drug-likeness (QED) is 0.914. The molecular weight excluding hydrogens is 305 g/mol. The summed E-state index contributed by atoms with van der Waals surface area (Å²) in [7, 11) is 0. The largest absolute Gasteiger partial charge is 0.433 e. The van der Waals surface area contributed by atoms with Gasteiger partial charge in [-0.1, -0.05) is 24.3 Å². The van der Waals surface area contributed by atoms with E-state index >= 15 is 0 Å². The number of hydrogen-bond donors (Lipinski definition) is 1. The average molecular weight is 320 g/mol. The molecule has 6 heteroatoms. The summed E-state index contributed by atoms with van der Waals surface area (Å²) in [5.41, 5.74) is 1.52. The Hall–Kier alpha value is -2.37. The second kappa shape index (κ2) is 5.68. The van der Waals surface area contributed by atoms with Crippen LogP contribution in [-0.4, -0.2) is 10.9 Å². The minimum absolute atomic E-state index is 0.0728. The molecule has 23 heavy (non-hydrogen) atoms. The van der Waals surface area contributed by atoms with Crippen LogP contribution >= 0.6 is 0 Å². The number of pyridine rings is 1. The molecule has 1 atom stereocenters. The van der Waals surface area contributed by atoms with Gasteiger partial charge in [0, 0.05) is 0 Å². The van der Waals surface area contributed by atoms with Crippen LogP contribution < -0.4 is 5.32 Å². The van der Waals surface area contributed by atoms with Crippen LogP contribution in [0.25, 0.3) is 0 Å². The molecule has 1 aliphatic rings. The van der Waals surface area contributed by atoms with E-state index in [4.69, 9.17) is 0 Å². The first kappa shape index (κ1) is 15.5. The summed E-state index contributed by atoms with van der Waals surface area (Å²) in [5.74, 6) is -0.398. The first-order valence-electron chi connectivity index (χ1n) is 7.30. The Morgan fingerprint density at radius 1 is 1.22 bits per heavy atom. The summed E-state index contributed by atoms with van der Waals surface area (Å²) in [6.07, 6.45) is -2.84. The van der Waals surface area contributed by atoms with Gasteiger partial charge < -0.3 is 5.32 Å². The minimum atomic E-state index is -4.51. The lowest BCUT2D eigenvalue weighted by Crippen LogP contribution is -2.28. The van der Waals surface area contributed by atoms with Gasteiger partial charge in [0.15, 0.2) is 0 Å². The summed E-state index contributed by atoms with van der Waals surface area (Å²) in [6, 6.07) is 9.75. The van der Waals surface area contributed by atoms with Crippen LogP contribution in [0, 0.1) is 6.92 Å². The third-order valence-corrected chi connectivity index (χ3v) is 4.06. The second-order valence-electron chi connectivity index (χ2n) is 5.59. The number of aromatic nitrogens is 1. The Kier molecular flexibility index (Phi) is 3.83. The van der Waals surface area contributed by atoms with E-state index < -0.39 is 17.8 Å². The number of rotatable bonds is 2. The van der Waals surface area contributed by atoms with Gasteiger partial charge in [-0.3, -0.25) is 4.79 Å². The molecule has 1 N–H and O–H groups in total. The standard InChI is InChI=1S/C17H15F3N2O/c1-10-12(7-9-15(21-10)17(18,19)20)16(23)22-14-8-6-11-4-2-3-5-13(11)14/h2-5,7,9,14H,6,8H2,1H3,(H,22,23). The molecule has 3 nitrogen and oxygen atoms in total. The van der Waals surface area contributed by atoms with E-state index in [9.17, 15) is 18.0 Å². The smallest absolute Gasteiger partial charge is 0.345 e. The van der Waals surface area contributed by atoms with Gasteiger partial charge in [-0.15, -0.1) is 0 Å². The van der Waals surface area contributed by atoms with Crippen molar-refractivity contribution in [3.8, 4) is 0 Å². The van der Waals surface area contributed by atoms with Crippen molar-refractivity contribution >= 4 is 5.91 Å². The minimum Gasteiger partial charge on any atom is -0.345 e. The van der Waals surface area contributed by atoms with E-state index in [0.29, 0.717) is 0 Å². The van der Waals surface area contributed by atoms with Gasteiger partial charge in [0.05, 0.1) is 17.3 Å². The van der Waals surface area contributed by atoms with Crippen LogP contribution in [0.4, 0.5) is 13.2 Å². The third-order valence-electron chi connectivity index (χ3n) is 4.06. The Morgan fingerprint density at radius 3 is 2.65 bits per heavy atom. The van der Waals surface area contributed by atoms with Crippen LogP contribution in [0.5, 0.6) is 0 Å². The van der Waals surface area contributed by atoms with Gasteiger partial charge in [0.2, 0.25) is 0 Å². The highest BCUT2D eigenvalue weighted by Gasteiger charge is 2.33. The molecule has 0 radical (unpaired) electrons. The van der Waals surface area contributed by atoms with E-state index in [1.165, 1.54) is 18.6 Å². The predicted octanol–water partition coefficient (Wildman–Crippen LogP) is 3.83. The maximum absolute atomic E-state index is 12.6. The van der Waals surface area contributed by atoms with Crippen molar-refractivity contribution in [1.82, 2.24) is 10.3 Å². The molecule has 1 amide bonds. The Balaban J connectivity index is 1.80. The number of alkyl halides is 3. The third kappa shape index (κ3) is 3.06. The zero-order valence-electron chi connectivity index (χ0n) is 12.4. The van der Waals surface area contributed by atoms with Crippen molar-refractivity contribution in [2.45, 2.75) is 32.0 Å². The van der Waals surface area contributed by atoms with Crippen LogP contribution in [0.15, 0.2) is 36.4 Å². The number of nitrogens with one attached hydrogen (secondary N) is 1. The molecule has 2 aromatic rings. The number of amides is 1. The molecule has 0 aliphatic heterocycles. The van der Waals surface area contributed by atoms with E-state index in [-0.39, 0.29) is 17.3 Å². The van der Waals surface area contributed by atoms with Crippen molar-refractivity contribution < 1.29 is 18.0 Å². The van der Waals surface area contributed by atoms with E-state index in [0.717, 1.165) is 24.5 Å². The molecule has 3 rings (SSSR count). The predicted molar refractivity (Wildman–Crippen MR) is 78.9 cm³/mol. The lowest BCUT2D eigenvalue weighted by atomic mass is 10.1. The second-order valence-corrected chi connectivity index (χ2v) is 5.59.